The van der Waals surface area contributed by atoms with Crippen LogP contribution in [0.4, 0.5) is 5.69 Å². The minimum absolute atomic E-state index is 0.0498. The van der Waals surface area contributed by atoms with Crippen molar-refractivity contribution in [2.75, 3.05) is 45.2 Å². The van der Waals surface area contributed by atoms with Crippen molar-refractivity contribution in [1.82, 2.24) is 0 Å². The van der Waals surface area contributed by atoms with Crippen molar-refractivity contribution in [1.29, 1.82) is 0 Å². The molecular formula is C23H33N3O2+2. The highest BCUT2D eigenvalue weighted by Gasteiger charge is 2.15. The standard InChI is InChI=1S/C23H31N3O2/c1-18-4-7-21(19(2)14-18)16-25(3)17-23(27)24-22-8-5-20(6-9-22)15-26-10-12-28-13-11-26/h4-9,14H,10-13,15-17H2,1-3H3,(H,24,27)/p+2. The van der Waals surface area contributed by atoms with Gasteiger partial charge in [0.2, 0.25) is 0 Å². The summed E-state index contributed by atoms with van der Waals surface area (Å²) in [6, 6.07) is 14.7. The van der Waals surface area contributed by atoms with Crippen LogP contribution in [0.1, 0.15) is 22.3 Å². The fraction of sp³-hybridized carbons (Fsp3) is 0.435. The Morgan fingerprint density at radius 3 is 2.50 bits per heavy atom. The summed E-state index contributed by atoms with van der Waals surface area (Å²) in [5.74, 6) is 0.0498. The first-order chi connectivity index (χ1) is 13.5. The first kappa shape index (κ1) is 20.5. The van der Waals surface area contributed by atoms with Crippen LogP contribution in [0.3, 0.4) is 0 Å². The quantitative estimate of drug-likeness (QED) is 0.647. The van der Waals surface area contributed by atoms with Gasteiger partial charge in [0.25, 0.3) is 5.91 Å². The molecule has 3 rings (SSSR count). The van der Waals surface area contributed by atoms with Crippen LogP contribution in [0, 0.1) is 13.8 Å². The third-order valence-electron chi connectivity index (χ3n) is 5.34. The SMILES string of the molecule is Cc1ccc(C[NH+](C)CC(=O)Nc2ccc(C[NH+]3CCOCC3)cc2)c(C)c1. The van der Waals surface area contributed by atoms with Crippen LogP contribution in [-0.4, -0.2) is 45.8 Å². The van der Waals surface area contributed by atoms with E-state index >= 15 is 0 Å². The lowest BCUT2D eigenvalue weighted by Crippen LogP contribution is -3.12. The predicted octanol–water partition coefficient (Wildman–Crippen LogP) is 0.372. The highest BCUT2D eigenvalue weighted by molar-refractivity contribution is 5.91. The number of anilines is 1. The van der Waals surface area contributed by atoms with E-state index in [0.29, 0.717) is 6.54 Å². The van der Waals surface area contributed by atoms with Gasteiger partial charge in [0.1, 0.15) is 26.2 Å². The summed E-state index contributed by atoms with van der Waals surface area (Å²) in [6.07, 6.45) is 0. The Bertz CT molecular complexity index is 783. The summed E-state index contributed by atoms with van der Waals surface area (Å²) in [5.41, 5.74) is 6.02. The van der Waals surface area contributed by atoms with E-state index in [1.807, 2.05) is 12.1 Å². The number of rotatable bonds is 7. The van der Waals surface area contributed by atoms with Crippen LogP contribution in [0.2, 0.25) is 0 Å². The van der Waals surface area contributed by atoms with Gasteiger partial charge in [0, 0.05) is 16.8 Å². The number of morpholine rings is 1. The number of benzene rings is 2. The summed E-state index contributed by atoms with van der Waals surface area (Å²) in [4.78, 5) is 15.1. The van der Waals surface area contributed by atoms with E-state index in [4.69, 9.17) is 4.74 Å². The Hall–Kier alpha value is -2.21. The molecule has 0 radical (unpaired) electrons. The number of likely N-dealkylation sites (N-methyl/N-ethyl adjacent to an activating group) is 1. The lowest BCUT2D eigenvalue weighted by atomic mass is 10.1. The number of quaternary nitrogens is 2. The number of hydrogen-bond donors (Lipinski definition) is 3. The number of carbonyl (C=O) groups excluding carboxylic acids is 1. The molecule has 3 N–H and O–H groups in total. The molecule has 1 atom stereocenters. The van der Waals surface area contributed by atoms with Crippen molar-refractivity contribution < 1.29 is 19.3 Å². The maximum absolute atomic E-state index is 12.4. The van der Waals surface area contributed by atoms with Crippen LogP contribution in [0.15, 0.2) is 42.5 Å². The molecule has 1 saturated heterocycles. The van der Waals surface area contributed by atoms with Crippen molar-refractivity contribution in [3.8, 4) is 0 Å². The number of hydrogen-bond acceptors (Lipinski definition) is 2. The van der Waals surface area contributed by atoms with Crippen molar-refractivity contribution in [2.24, 2.45) is 0 Å². The zero-order chi connectivity index (χ0) is 19.9. The van der Waals surface area contributed by atoms with Gasteiger partial charge in [-0.2, -0.15) is 0 Å². The molecule has 1 amide bonds. The second-order valence-corrected chi connectivity index (χ2v) is 8.02. The molecule has 1 unspecified atom stereocenters. The molecule has 1 heterocycles. The van der Waals surface area contributed by atoms with Crippen LogP contribution < -0.4 is 15.1 Å². The monoisotopic (exact) mass is 383 g/mol. The van der Waals surface area contributed by atoms with Crippen molar-refractivity contribution >= 4 is 11.6 Å². The lowest BCUT2D eigenvalue weighted by Gasteiger charge is -2.23. The van der Waals surface area contributed by atoms with E-state index in [9.17, 15) is 4.79 Å². The summed E-state index contributed by atoms with van der Waals surface area (Å²) >= 11 is 0. The number of ether oxygens (including phenoxy) is 1. The van der Waals surface area contributed by atoms with Crippen molar-refractivity contribution in [2.45, 2.75) is 26.9 Å². The van der Waals surface area contributed by atoms with Gasteiger partial charge in [-0.3, -0.25) is 4.79 Å². The van der Waals surface area contributed by atoms with Crippen LogP contribution in [0.5, 0.6) is 0 Å². The molecule has 0 aliphatic carbocycles. The van der Waals surface area contributed by atoms with Gasteiger partial charge in [-0.1, -0.05) is 35.9 Å². The van der Waals surface area contributed by atoms with E-state index < -0.39 is 0 Å². The van der Waals surface area contributed by atoms with Crippen LogP contribution in [0.25, 0.3) is 0 Å². The maximum atomic E-state index is 12.4. The van der Waals surface area contributed by atoms with E-state index in [1.165, 1.54) is 27.2 Å². The number of aryl methyl sites for hydroxylation is 2. The van der Waals surface area contributed by atoms with Crippen LogP contribution in [-0.2, 0) is 22.6 Å². The fourth-order valence-corrected chi connectivity index (χ4v) is 3.74. The summed E-state index contributed by atoms with van der Waals surface area (Å²) in [7, 11) is 2.06. The summed E-state index contributed by atoms with van der Waals surface area (Å²) < 4.78 is 5.41. The molecule has 28 heavy (non-hydrogen) atoms. The minimum Gasteiger partial charge on any atom is -0.370 e. The van der Waals surface area contributed by atoms with Crippen molar-refractivity contribution in [3.63, 3.8) is 0 Å². The Morgan fingerprint density at radius 1 is 1.11 bits per heavy atom. The number of amides is 1. The molecule has 5 heteroatoms. The molecule has 1 fully saturated rings. The highest BCUT2D eigenvalue weighted by Crippen LogP contribution is 2.10. The summed E-state index contributed by atoms with van der Waals surface area (Å²) in [6.45, 7) is 10.4. The molecule has 0 bridgehead atoms. The molecule has 1 aliphatic heterocycles. The molecule has 150 valence electrons. The average molecular weight is 384 g/mol. The molecule has 0 spiro atoms. The van der Waals surface area contributed by atoms with E-state index in [-0.39, 0.29) is 5.91 Å². The molecule has 0 saturated carbocycles. The van der Waals surface area contributed by atoms with Gasteiger partial charge < -0.3 is 19.9 Å². The molecule has 2 aromatic carbocycles. The molecule has 0 aromatic heterocycles. The Morgan fingerprint density at radius 2 is 1.82 bits per heavy atom. The Balaban J connectivity index is 1.47. The van der Waals surface area contributed by atoms with Gasteiger partial charge in [-0.25, -0.2) is 0 Å². The first-order valence-corrected chi connectivity index (χ1v) is 10.2. The summed E-state index contributed by atoms with van der Waals surface area (Å²) in [5, 5.41) is 3.03. The zero-order valence-corrected chi connectivity index (χ0v) is 17.3. The molecular weight excluding hydrogens is 350 g/mol. The van der Waals surface area contributed by atoms with Gasteiger partial charge in [0.05, 0.1) is 20.3 Å². The van der Waals surface area contributed by atoms with E-state index in [2.05, 4.69) is 56.5 Å². The largest absolute Gasteiger partial charge is 0.370 e. The molecule has 5 nitrogen and oxygen atoms in total. The van der Waals surface area contributed by atoms with Gasteiger partial charge in [-0.05, 0) is 31.5 Å². The van der Waals surface area contributed by atoms with Gasteiger partial charge in [0.15, 0.2) is 6.54 Å². The second kappa shape index (κ2) is 9.82. The third-order valence-corrected chi connectivity index (χ3v) is 5.34. The maximum Gasteiger partial charge on any atom is 0.279 e. The first-order valence-electron chi connectivity index (χ1n) is 10.2. The predicted molar refractivity (Wildman–Crippen MR) is 112 cm³/mol. The number of nitrogens with one attached hydrogen (secondary N) is 3. The second-order valence-electron chi connectivity index (χ2n) is 8.02. The van der Waals surface area contributed by atoms with E-state index in [0.717, 1.165) is 45.1 Å². The van der Waals surface area contributed by atoms with Crippen molar-refractivity contribution in [3.05, 3.63) is 64.7 Å². The Kier molecular flexibility index (Phi) is 7.20. The lowest BCUT2D eigenvalue weighted by molar-refractivity contribution is -0.921. The van der Waals surface area contributed by atoms with Crippen LogP contribution >= 0.6 is 0 Å². The zero-order valence-electron chi connectivity index (χ0n) is 17.3. The third kappa shape index (κ3) is 6.16. The highest BCUT2D eigenvalue weighted by atomic mass is 16.5. The fourth-order valence-electron chi connectivity index (χ4n) is 3.74. The topological polar surface area (TPSA) is 47.2 Å². The smallest absolute Gasteiger partial charge is 0.279 e. The minimum atomic E-state index is 0.0498. The molecule has 2 aromatic rings. The Labute approximate surface area is 168 Å². The van der Waals surface area contributed by atoms with Gasteiger partial charge in [-0.15, -0.1) is 0 Å². The van der Waals surface area contributed by atoms with E-state index in [1.54, 1.807) is 4.90 Å². The molecule has 1 aliphatic rings. The normalized spacial score (nSPS) is 16.0. The van der Waals surface area contributed by atoms with Gasteiger partial charge >= 0.3 is 0 Å². The number of carbonyl (C=O) groups is 1. The average Bonchev–Trinajstić information content (AvgIpc) is 2.66.